The minimum Gasteiger partial charge on any atom is -0.459 e. The summed E-state index contributed by atoms with van der Waals surface area (Å²) in [5.41, 5.74) is -0.305. The molecule has 1 aromatic heterocycles. The summed E-state index contributed by atoms with van der Waals surface area (Å²) in [6, 6.07) is 3.33. The number of amides is 3. The summed E-state index contributed by atoms with van der Waals surface area (Å²) < 4.78 is 5.13. The maximum Gasteiger partial charge on any atom is 0.289 e. The molecule has 1 aromatic rings. The molecule has 1 fully saturated rings. The molecule has 7 nitrogen and oxygen atoms in total. The van der Waals surface area contributed by atoms with E-state index in [0.717, 1.165) is 0 Å². The maximum absolute atomic E-state index is 12.4. The van der Waals surface area contributed by atoms with Gasteiger partial charge >= 0.3 is 0 Å². The van der Waals surface area contributed by atoms with Crippen LogP contribution in [-0.4, -0.2) is 70.7 Å². The monoisotopic (exact) mass is 349 g/mol. The summed E-state index contributed by atoms with van der Waals surface area (Å²) in [5.74, 6) is 0.157. The van der Waals surface area contributed by atoms with Gasteiger partial charge in [0.05, 0.1) is 6.26 Å². The van der Waals surface area contributed by atoms with Crippen molar-refractivity contribution in [3.63, 3.8) is 0 Å². The van der Waals surface area contributed by atoms with Gasteiger partial charge in [0, 0.05) is 51.6 Å². The van der Waals surface area contributed by atoms with Gasteiger partial charge < -0.3 is 19.1 Å². The third-order valence-electron chi connectivity index (χ3n) is 4.39. The van der Waals surface area contributed by atoms with E-state index in [1.165, 1.54) is 13.2 Å². The molecular formula is C18H27N3O4. The molecule has 2 rings (SSSR count). The minimum atomic E-state index is -0.305. The molecule has 138 valence electrons. The highest BCUT2D eigenvalue weighted by atomic mass is 16.3. The number of furan rings is 1. The molecule has 0 atom stereocenters. The summed E-state index contributed by atoms with van der Waals surface area (Å²) in [4.78, 5) is 41.6. The fourth-order valence-electron chi connectivity index (χ4n) is 3.05. The Morgan fingerprint density at radius 2 is 1.72 bits per heavy atom. The Labute approximate surface area is 148 Å². The number of rotatable bonds is 4. The van der Waals surface area contributed by atoms with Crippen LogP contribution in [-0.2, 0) is 9.59 Å². The fraction of sp³-hybridized carbons (Fsp3) is 0.611. The fourth-order valence-corrected chi connectivity index (χ4v) is 3.05. The van der Waals surface area contributed by atoms with Crippen LogP contribution in [0.1, 0.15) is 44.7 Å². The first kappa shape index (κ1) is 19.0. The Bertz CT molecular complexity index is 611. The zero-order valence-corrected chi connectivity index (χ0v) is 15.4. The van der Waals surface area contributed by atoms with Crippen LogP contribution >= 0.6 is 0 Å². The second-order valence-electron chi connectivity index (χ2n) is 7.24. The SMILES string of the molecule is CC(=O)N(CCC(=O)N1CCN(C(=O)c2ccco2)CC1)C(C)(C)C. The predicted molar refractivity (Wildman–Crippen MR) is 92.9 cm³/mol. The molecule has 0 aromatic carbocycles. The van der Waals surface area contributed by atoms with Gasteiger partial charge in [-0.3, -0.25) is 14.4 Å². The zero-order valence-electron chi connectivity index (χ0n) is 15.4. The number of carbonyl (C=O) groups is 3. The van der Waals surface area contributed by atoms with Gasteiger partial charge in [-0.05, 0) is 32.9 Å². The highest BCUT2D eigenvalue weighted by molar-refractivity contribution is 5.91. The lowest BCUT2D eigenvalue weighted by Crippen LogP contribution is -2.51. The molecule has 0 bridgehead atoms. The lowest BCUT2D eigenvalue weighted by molar-refractivity contribution is -0.137. The average molecular weight is 349 g/mol. The van der Waals surface area contributed by atoms with Crippen molar-refractivity contribution in [1.82, 2.24) is 14.7 Å². The summed E-state index contributed by atoms with van der Waals surface area (Å²) in [5, 5.41) is 0. The van der Waals surface area contributed by atoms with E-state index in [0.29, 0.717) is 44.9 Å². The van der Waals surface area contributed by atoms with E-state index in [2.05, 4.69) is 0 Å². The van der Waals surface area contributed by atoms with E-state index >= 15 is 0 Å². The van der Waals surface area contributed by atoms with Crippen molar-refractivity contribution in [2.24, 2.45) is 0 Å². The highest BCUT2D eigenvalue weighted by Crippen LogP contribution is 2.15. The minimum absolute atomic E-state index is 0.0144. The number of carbonyl (C=O) groups excluding carboxylic acids is 3. The molecule has 0 spiro atoms. The highest BCUT2D eigenvalue weighted by Gasteiger charge is 2.28. The zero-order chi connectivity index (χ0) is 18.6. The summed E-state index contributed by atoms with van der Waals surface area (Å²) in [6.45, 7) is 9.77. The van der Waals surface area contributed by atoms with Crippen LogP contribution in [0.3, 0.4) is 0 Å². The molecule has 1 saturated heterocycles. The lowest BCUT2D eigenvalue weighted by Gasteiger charge is -2.37. The smallest absolute Gasteiger partial charge is 0.289 e. The van der Waals surface area contributed by atoms with Crippen LogP contribution in [0, 0.1) is 0 Å². The second kappa shape index (κ2) is 7.72. The molecule has 0 aliphatic carbocycles. The van der Waals surface area contributed by atoms with Crippen molar-refractivity contribution in [3.8, 4) is 0 Å². The first-order valence-corrected chi connectivity index (χ1v) is 8.59. The van der Waals surface area contributed by atoms with Gasteiger partial charge in [-0.15, -0.1) is 0 Å². The van der Waals surface area contributed by atoms with Crippen molar-refractivity contribution in [2.45, 2.75) is 39.7 Å². The second-order valence-corrected chi connectivity index (χ2v) is 7.24. The Morgan fingerprint density at radius 3 is 2.20 bits per heavy atom. The molecule has 0 unspecified atom stereocenters. The molecule has 25 heavy (non-hydrogen) atoms. The molecule has 0 N–H and O–H groups in total. The normalized spacial score (nSPS) is 15.2. The van der Waals surface area contributed by atoms with Crippen LogP contribution in [0.2, 0.25) is 0 Å². The number of nitrogens with zero attached hydrogens (tertiary/aromatic N) is 3. The number of hydrogen-bond acceptors (Lipinski definition) is 4. The first-order valence-electron chi connectivity index (χ1n) is 8.59. The van der Waals surface area contributed by atoms with Crippen molar-refractivity contribution < 1.29 is 18.8 Å². The summed E-state index contributed by atoms with van der Waals surface area (Å²) in [7, 11) is 0. The maximum atomic E-state index is 12.4. The van der Waals surface area contributed by atoms with Gasteiger partial charge in [0.15, 0.2) is 5.76 Å². The van der Waals surface area contributed by atoms with Crippen molar-refractivity contribution in [3.05, 3.63) is 24.2 Å². The van der Waals surface area contributed by atoms with E-state index in [1.54, 1.807) is 26.8 Å². The van der Waals surface area contributed by atoms with Crippen molar-refractivity contribution >= 4 is 17.7 Å². The van der Waals surface area contributed by atoms with Crippen molar-refractivity contribution in [2.75, 3.05) is 32.7 Å². The van der Waals surface area contributed by atoms with Gasteiger partial charge in [-0.1, -0.05) is 0 Å². The Kier molecular flexibility index (Phi) is 5.87. The van der Waals surface area contributed by atoms with E-state index in [-0.39, 0.29) is 23.3 Å². The Morgan fingerprint density at radius 1 is 1.12 bits per heavy atom. The van der Waals surface area contributed by atoms with Gasteiger partial charge in [0.2, 0.25) is 11.8 Å². The molecule has 7 heteroatoms. The molecule has 1 aliphatic rings. The molecule has 0 radical (unpaired) electrons. The van der Waals surface area contributed by atoms with Crippen LogP contribution in [0.4, 0.5) is 0 Å². The lowest BCUT2D eigenvalue weighted by atomic mass is 10.1. The summed E-state index contributed by atoms with van der Waals surface area (Å²) >= 11 is 0. The quantitative estimate of drug-likeness (QED) is 0.828. The first-order chi connectivity index (χ1) is 11.7. The van der Waals surface area contributed by atoms with E-state index in [1.807, 2.05) is 20.8 Å². The van der Waals surface area contributed by atoms with Crippen molar-refractivity contribution in [1.29, 1.82) is 0 Å². The molecule has 2 heterocycles. The average Bonchev–Trinajstić information content (AvgIpc) is 3.07. The summed E-state index contributed by atoms with van der Waals surface area (Å²) in [6.07, 6.45) is 1.77. The number of hydrogen-bond donors (Lipinski definition) is 0. The molecule has 1 aliphatic heterocycles. The van der Waals surface area contributed by atoms with Gasteiger partial charge in [-0.25, -0.2) is 0 Å². The van der Waals surface area contributed by atoms with Gasteiger partial charge in [-0.2, -0.15) is 0 Å². The molecule has 0 saturated carbocycles. The standard InChI is InChI=1S/C18H27N3O4/c1-14(22)21(18(2,3)4)8-7-16(23)19-9-11-20(12-10-19)17(24)15-6-5-13-25-15/h5-6,13H,7-12H2,1-4H3. The third kappa shape index (κ3) is 4.84. The predicted octanol–water partition coefficient (Wildman–Crippen LogP) is 1.60. The number of piperazine rings is 1. The van der Waals surface area contributed by atoms with Crippen LogP contribution < -0.4 is 0 Å². The Hall–Kier alpha value is -2.31. The molecular weight excluding hydrogens is 322 g/mol. The van der Waals surface area contributed by atoms with E-state index in [9.17, 15) is 14.4 Å². The van der Waals surface area contributed by atoms with Gasteiger partial charge in [0.1, 0.15) is 0 Å². The van der Waals surface area contributed by atoms with Crippen LogP contribution in [0.15, 0.2) is 22.8 Å². The molecule has 3 amide bonds. The third-order valence-corrected chi connectivity index (χ3v) is 4.39. The van der Waals surface area contributed by atoms with E-state index < -0.39 is 0 Å². The largest absolute Gasteiger partial charge is 0.459 e. The van der Waals surface area contributed by atoms with Crippen LogP contribution in [0.25, 0.3) is 0 Å². The van der Waals surface area contributed by atoms with E-state index in [4.69, 9.17) is 4.42 Å². The van der Waals surface area contributed by atoms with Crippen LogP contribution in [0.5, 0.6) is 0 Å². The Balaban J connectivity index is 1.83. The van der Waals surface area contributed by atoms with Gasteiger partial charge in [0.25, 0.3) is 5.91 Å². The topological polar surface area (TPSA) is 74.1 Å².